The highest BCUT2D eigenvalue weighted by Gasteiger charge is 2.47. The van der Waals surface area contributed by atoms with E-state index in [0.29, 0.717) is 0 Å². The van der Waals surface area contributed by atoms with Crippen molar-refractivity contribution in [3.05, 3.63) is 0 Å². The van der Waals surface area contributed by atoms with Gasteiger partial charge < -0.3 is 10.2 Å². The van der Waals surface area contributed by atoms with Crippen molar-refractivity contribution in [1.82, 2.24) is 10.2 Å². The Hall–Kier alpha value is -1.06. The van der Waals surface area contributed by atoms with Gasteiger partial charge in [0.25, 0.3) is 0 Å². The zero-order valence-corrected chi connectivity index (χ0v) is 11.9. The molecule has 1 aliphatic carbocycles. The molecule has 4 nitrogen and oxygen atoms in total. The molecule has 1 atom stereocenters. The number of hydrogen-bond donors (Lipinski definition) is 1. The first-order valence-electron chi connectivity index (χ1n) is 6.85. The van der Waals surface area contributed by atoms with Crippen molar-refractivity contribution < 1.29 is 9.59 Å². The molecule has 1 unspecified atom stereocenters. The first kappa shape index (κ1) is 13.4. The van der Waals surface area contributed by atoms with Crippen molar-refractivity contribution in [1.29, 1.82) is 0 Å². The smallest absolute Gasteiger partial charge is 0.246 e. The summed E-state index contributed by atoms with van der Waals surface area (Å²) in [6, 6.07) is -0.392. The van der Waals surface area contributed by atoms with E-state index in [4.69, 9.17) is 0 Å². The fraction of sp³-hybridized carbons (Fsp3) is 0.857. The molecule has 18 heavy (non-hydrogen) atoms. The van der Waals surface area contributed by atoms with Crippen LogP contribution in [0, 0.1) is 5.41 Å². The van der Waals surface area contributed by atoms with E-state index in [1.807, 2.05) is 25.7 Å². The number of rotatable bonds is 1. The van der Waals surface area contributed by atoms with Crippen LogP contribution in [0.1, 0.15) is 53.4 Å². The second-order valence-electron chi connectivity index (χ2n) is 6.99. The lowest BCUT2D eigenvalue weighted by atomic mass is 9.83. The van der Waals surface area contributed by atoms with Crippen LogP contribution in [0.15, 0.2) is 0 Å². The van der Waals surface area contributed by atoms with Gasteiger partial charge in [-0.3, -0.25) is 9.59 Å². The number of piperazine rings is 1. The number of nitrogens with one attached hydrogen (secondary N) is 1. The molecule has 2 amide bonds. The lowest BCUT2D eigenvalue weighted by molar-refractivity contribution is -0.153. The minimum absolute atomic E-state index is 0.0253. The van der Waals surface area contributed by atoms with Crippen molar-refractivity contribution in [3.63, 3.8) is 0 Å². The van der Waals surface area contributed by atoms with Crippen LogP contribution in [0.25, 0.3) is 0 Å². The molecule has 0 aromatic heterocycles. The van der Waals surface area contributed by atoms with Crippen molar-refractivity contribution in [2.75, 3.05) is 6.54 Å². The highest BCUT2D eigenvalue weighted by molar-refractivity contribution is 5.95. The zero-order valence-electron chi connectivity index (χ0n) is 11.9. The first-order chi connectivity index (χ1) is 8.24. The van der Waals surface area contributed by atoms with E-state index in [0.717, 1.165) is 25.7 Å². The summed E-state index contributed by atoms with van der Waals surface area (Å²) in [4.78, 5) is 26.3. The Morgan fingerprint density at radius 2 is 1.78 bits per heavy atom. The number of hydrogen-bond acceptors (Lipinski definition) is 2. The van der Waals surface area contributed by atoms with E-state index in [1.54, 1.807) is 0 Å². The summed E-state index contributed by atoms with van der Waals surface area (Å²) in [7, 11) is 0. The summed E-state index contributed by atoms with van der Waals surface area (Å²) < 4.78 is 0. The summed E-state index contributed by atoms with van der Waals surface area (Å²) in [6.45, 7) is 8.33. The second kappa shape index (κ2) is 4.25. The molecule has 0 aromatic rings. The van der Waals surface area contributed by atoms with E-state index in [2.05, 4.69) is 12.2 Å². The summed E-state index contributed by atoms with van der Waals surface area (Å²) in [5.41, 5.74) is -0.348. The van der Waals surface area contributed by atoms with Crippen LogP contribution in [0.5, 0.6) is 0 Å². The third-order valence-electron chi connectivity index (χ3n) is 4.32. The molecule has 1 aliphatic heterocycles. The molecular weight excluding hydrogens is 228 g/mol. The van der Waals surface area contributed by atoms with Gasteiger partial charge in [-0.2, -0.15) is 0 Å². The predicted octanol–water partition coefficient (Wildman–Crippen LogP) is 1.69. The maximum atomic E-state index is 12.6. The van der Waals surface area contributed by atoms with E-state index in [1.165, 1.54) is 0 Å². The standard InChI is InChI=1S/C14H24N2O2/c1-13(2,3)11-12(18)16(9-10(17)15-11)14(4)7-5-6-8-14/h11H,5-9H2,1-4H3,(H,15,17). The Bertz CT molecular complexity index is 364. The first-order valence-corrected chi connectivity index (χ1v) is 6.85. The van der Waals surface area contributed by atoms with Crippen LogP contribution in [-0.2, 0) is 9.59 Å². The van der Waals surface area contributed by atoms with Crippen LogP contribution < -0.4 is 5.32 Å². The molecule has 0 aromatic carbocycles. The third-order valence-corrected chi connectivity index (χ3v) is 4.32. The van der Waals surface area contributed by atoms with Crippen LogP contribution in [0.2, 0.25) is 0 Å². The number of carbonyl (C=O) groups excluding carboxylic acids is 2. The average molecular weight is 252 g/mol. The zero-order chi connectivity index (χ0) is 13.6. The molecule has 4 heteroatoms. The van der Waals surface area contributed by atoms with Crippen LogP contribution in [0.4, 0.5) is 0 Å². The van der Waals surface area contributed by atoms with Crippen molar-refractivity contribution >= 4 is 11.8 Å². The Labute approximate surface area is 109 Å². The molecule has 2 rings (SSSR count). The molecule has 1 N–H and O–H groups in total. The lowest BCUT2D eigenvalue weighted by Crippen LogP contribution is -2.66. The fourth-order valence-corrected chi connectivity index (χ4v) is 3.10. The Balaban J connectivity index is 2.26. The lowest BCUT2D eigenvalue weighted by Gasteiger charge is -2.46. The molecule has 1 heterocycles. The molecular formula is C14H24N2O2. The second-order valence-corrected chi connectivity index (χ2v) is 6.99. The van der Waals surface area contributed by atoms with Crippen LogP contribution >= 0.6 is 0 Å². The van der Waals surface area contributed by atoms with Gasteiger partial charge in [-0.1, -0.05) is 33.6 Å². The highest BCUT2D eigenvalue weighted by Crippen LogP contribution is 2.37. The Morgan fingerprint density at radius 3 is 2.28 bits per heavy atom. The van der Waals surface area contributed by atoms with Gasteiger partial charge in [0.2, 0.25) is 11.8 Å². The molecule has 0 bridgehead atoms. The van der Waals surface area contributed by atoms with Gasteiger partial charge in [-0.05, 0) is 25.2 Å². The Morgan fingerprint density at radius 1 is 1.22 bits per heavy atom. The SMILES string of the molecule is CC(C)(C)C1NC(=O)CN(C2(C)CCCC2)C1=O. The van der Waals surface area contributed by atoms with Gasteiger partial charge in [-0.25, -0.2) is 0 Å². The highest BCUT2D eigenvalue weighted by atomic mass is 16.2. The summed E-state index contributed by atoms with van der Waals surface area (Å²) in [6.07, 6.45) is 4.34. The number of nitrogens with zero attached hydrogens (tertiary/aromatic N) is 1. The normalized spacial score (nSPS) is 28.4. The maximum absolute atomic E-state index is 12.6. The number of amides is 2. The van der Waals surface area contributed by atoms with Gasteiger partial charge >= 0.3 is 0 Å². The van der Waals surface area contributed by atoms with Crippen molar-refractivity contribution in [2.24, 2.45) is 5.41 Å². The summed E-state index contributed by atoms with van der Waals surface area (Å²) in [5.74, 6) is 0.0640. The topological polar surface area (TPSA) is 49.4 Å². The Kier molecular flexibility index (Phi) is 3.16. The minimum Gasteiger partial charge on any atom is -0.342 e. The molecule has 1 saturated carbocycles. The van der Waals surface area contributed by atoms with Gasteiger partial charge in [0.1, 0.15) is 12.6 Å². The van der Waals surface area contributed by atoms with Gasteiger partial charge in [-0.15, -0.1) is 0 Å². The molecule has 102 valence electrons. The summed E-state index contributed by atoms with van der Waals surface area (Å²) >= 11 is 0. The van der Waals surface area contributed by atoms with Crippen molar-refractivity contribution in [2.45, 2.75) is 65.0 Å². The largest absolute Gasteiger partial charge is 0.342 e. The van der Waals surface area contributed by atoms with Gasteiger partial charge in [0, 0.05) is 5.54 Å². The fourth-order valence-electron chi connectivity index (χ4n) is 3.10. The molecule has 0 radical (unpaired) electrons. The molecule has 0 spiro atoms. The quantitative estimate of drug-likeness (QED) is 0.772. The maximum Gasteiger partial charge on any atom is 0.246 e. The monoisotopic (exact) mass is 252 g/mol. The van der Waals surface area contributed by atoms with E-state index < -0.39 is 6.04 Å². The van der Waals surface area contributed by atoms with Gasteiger partial charge in [0.15, 0.2) is 0 Å². The summed E-state index contributed by atoms with van der Waals surface area (Å²) in [5, 5.41) is 2.85. The van der Waals surface area contributed by atoms with Crippen LogP contribution in [-0.4, -0.2) is 34.8 Å². The average Bonchev–Trinajstić information content (AvgIpc) is 2.67. The van der Waals surface area contributed by atoms with E-state index >= 15 is 0 Å². The van der Waals surface area contributed by atoms with Crippen LogP contribution in [0.3, 0.4) is 0 Å². The number of carbonyl (C=O) groups is 2. The molecule has 2 aliphatic rings. The van der Waals surface area contributed by atoms with Gasteiger partial charge in [0.05, 0.1) is 0 Å². The van der Waals surface area contributed by atoms with E-state index in [9.17, 15) is 9.59 Å². The molecule has 2 fully saturated rings. The van der Waals surface area contributed by atoms with Crippen molar-refractivity contribution in [3.8, 4) is 0 Å². The molecule has 1 saturated heterocycles. The third kappa shape index (κ3) is 2.25. The minimum atomic E-state index is -0.392. The predicted molar refractivity (Wildman–Crippen MR) is 70.0 cm³/mol. The van der Waals surface area contributed by atoms with E-state index in [-0.39, 0.29) is 29.3 Å².